The Labute approximate surface area is 163 Å². The standard InChI is InChI=1S/C19H36N6O2/c1-5-20-19(21-10-7-11-25-12-8-15(3)9-13-25)22-14-17-23-18(24-27-17)16(4)26-6-2/h15-16H,5-14H2,1-4H3,(H2,20,21,22). The largest absolute Gasteiger partial charge is 0.371 e. The summed E-state index contributed by atoms with van der Waals surface area (Å²) in [5.74, 6) is 2.73. The first kappa shape index (κ1) is 21.6. The quantitative estimate of drug-likeness (QED) is 0.366. The Morgan fingerprint density at radius 3 is 2.81 bits per heavy atom. The van der Waals surface area contributed by atoms with Gasteiger partial charge in [-0.3, -0.25) is 0 Å². The van der Waals surface area contributed by atoms with Crippen molar-refractivity contribution in [2.45, 2.75) is 59.6 Å². The molecule has 0 radical (unpaired) electrons. The minimum atomic E-state index is -0.166. The fourth-order valence-corrected chi connectivity index (χ4v) is 3.11. The molecular weight excluding hydrogens is 344 g/mol. The number of aliphatic imine (C=N–C) groups is 1. The van der Waals surface area contributed by atoms with E-state index in [2.05, 4.69) is 44.5 Å². The van der Waals surface area contributed by atoms with E-state index in [0.717, 1.165) is 37.9 Å². The number of nitrogens with one attached hydrogen (secondary N) is 2. The predicted molar refractivity (Wildman–Crippen MR) is 107 cm³/mol. The van der Waals surface area contributed by atoms with E-state index in [4.69, 9.17) is 9.26 Å². The van der Waals surface area contributed by atoms with E-state index >= 15 is 0 Å². The van der Waals surface area contributed by atoms with E-state index < -0.39 is 0 Å². The molecule has 2 heterocycles. The van der Waals surface area contributed by atoms with Gasteiger partial charge < -0.3 is 24.8 Å². The van der Waals surface area contributed by atoms with Gasteiger partial charge >= 0.3 is 0 Å². The molecule has 1 saturated heterocycles. The van der Waals surface area contributed by atoms with Gasteiger partial charge in [0.05, 0.1) is 0 Å². The van der Waals surface area contributed by atoms with Crippen LogP contribution in [0.25, 0.3) is 0 Å². The first-order chi connectivity index (χ1) is 13.1. The van der Waals surface area contributed by atoms with Crippen LogP contribution in [0.5, 0.6) is 0 Å². The second-order valence-electron chi connectivity index (χ2n) is 7.14. The monoisotopic (exact) mass is 380 g/mol. The summed E-state index contributed by atoms with van der Waals surface area (Å²) in [6.07, 6.45) is 3.59. The number of guanidine groups is 1. The lowest BCUT2D eigenvalue weighted by atomic mass is 9.99. The smallest absolute Gasteiger partial charge is 0.248 e. The third-order valence-electron chi connectivity index (χ3n) is 4.80. The highest BCUT2D eigenvalue weighted by Crippen LogP contribution is 2.15. The van der Waals surface area contributed by atoms with Crippen LogP contribution in [0.3, 0.4) is 0 Å². The molecule has 0 spiro atoms. The van der Waals surface area contributed by atoms with Crippen molar-refractivity contribution < 1.29 is 9.26 Å². The van der Waals surface area contributed by atoms with Gasteiger partial charge in [0.25, 0.3) is 0 Å². The highest BCUT2D eigenvalue weighted by Gasteiger charge is 2.15. The highest BCUT2D eigenvalue weighted by atomic mass is 16.5. The SMILES string of the molecule is CCNC(=NCc1nc(C(C)OCC)no1)NCCCN1CCC(C)CC1. The van der Waals surface area contributed by atoms with Crippen LogP contribution in [0.15, 0.2) is 9.52 Å². The number of rotatable bonds is 10. The van der Waals surface area contributed by atoms with Crippen molar-refractivity contribution in [1.29, 1.82) is 0 Å². The molecule has 1 aromatic rings. The van der Waals surface area contributed by atoms with Gasteiger partial charge in [-0.15, -0.1) is 0 Å². The molecule has 0 aromatic carbocycles. The van der Waals surface area contributed by atoms with Crippen molar-refractivity contribution in [3.8, 4) is 0 Å². The summed E-state index contributed by atoms with van der Waals surface area (Å²) in [6, 6.07) is 0. The van der Waals surface area contributed by atoms with Gasteiger partial charge in [-0.05, 0) is 65.6 Å². The second kappa shape index (κ2) is 11.9. The zero-order chi connectivity index (χ0) is 19.5. The van der Waals surface area contributed by atoms with Crippen molar-refractivity contribution >= 4 is 5.96 Å². The van der Waals surface area contributed by atoms with E-state index in [1.165, 1.54) is 25.9 Å². The number of hydrogen-bond acceptors (Lipinski definition) is 6. The normalized spacial score (nSPS) is 17.9. The molecule has 2 N–H and O–H groups in total. The first-order valence-corrected chi connectivity index (χ1v) is 10.3. The number of ether oxygens (including phenoxy) is 1. The Balaban J connectivity index is 1.73. The van der Waals surface area contributed by atoms with Crippen LogP contribution in [0.4, 0.5) is 0 Å². The van der Waals surface area contributed by atoms with Crippen LogP contribution >= 0.6 is 0 Å². The maximum absolute atomic E-state index is 5.48. The van der Waals surface area contributed by atoms with E-state index in [1.807, 2.05) is 13.8 Å². The fourth-order valence-electron chi connectivity index (χ4n) is 3.11. The number of piperidine rings is 1. The number of hydrogen-bond donors (Lipinski definition) is 2. The van der Waals surface area contributed by atoms with E-state index in [0.29, 0.717) is 24.9 Å². The maximum atomic E-state index is 5.48. The molecule has 8 heteroatoms. The average molecular weight is 381 g/mol. The van der Waals surface area contributed by atoms with Crippen molar-refractivity contribution in [3.05, 3.63) is 11.7 Å². The van der Waals surface area contributed by atoms with Gasteiger partial charge in [-0.2, -0.15) is 4.98 Å². The minimum absolute atomic E-state index is 0.166. The number of nitrogens with zero attached hydrogens (tertiary/aromatic N) is 4. The highest BCUT2D eigenvalue weighted by molar-refractivity contribution is 5.79. The molecule has 1 atom stereocenters. The van der Waals surface area contributed by atoms with Gasteiger partial charge in [0.1, 0.15) is 12.6 Å². The Hall–Kier alpha value is -1.67. The summed E-state index contributed by atoms with van der Waals surface area (Å²) in [5, 5.41) is 10.6. The van der Waals surface area contributed by atoms with Crippen molar-refractivity contribution in [2.24, 2.45) is 10.9 Å². The van der Waals surface area contributed by atoms with E-state index in [9.17, 15) is 0 Å². The molecule has 0 saturated carbocycles. The second-order valence-corrected chi connectivity index (χ2v) is 7.14. The molecule has 1 aromatic heterocycles. The van der Waals surface area contributed by atoms with Crippen LogP contribution in [0.1, 0.15) is 64.8 Å². The van der Waals surface area contributed by atoms with Gasteiger partial charge in [0, 0.05) is 19.7 Å². The Kier molecular flexibility index (Phi) is 9.55. The number of aromatic nitrogens is 2. The van der Waals surface area contributed by atoms with Crippen LogP contribution in [-0.2, 0) is 11.3 Å². The summed E-state index contributed by atoms with van der Waals surface area (Å²) >= 11 is 0. The summed E-state index contributed by atoms with van der Waals surface area (Å²) in [4.78, 5) is 11.5. The van der Waals surface area contributed by atoms with Crippen molar-refractivity contribution in [1.82, 2.24) is 25.7 Å². The predicted octanol–water partition coefficient (Wildman–Crippen LogP) is 2.34. The zero-order valence-electron chi connectivity index (χ0n) is 17.3. The van der Waals surface area contributed by atoms with Gasteiger partial charge in [0.2, 0.25) is 5.89 Å². The van der Waals surface area contributed by atoms with Crippen LogP contribution in [-0.4, -0.2) is 60.3 Å². The third kappa shape index (κ3) is 7.84. The summed E-state index contributed by atoms with van der Waals surface area (Å²) in [5.41, 5.74) is 0. The van der Waals surface area contributed by atoms with Crippen LogP contribution in [0.2, 0.25) is 0 Å². The third-order valence-corrected chi connectivity index (χ3v) is 4.80. The maximum Gasteiger partial charge on any atom is 0.248 e. The molecule has 1 fully saturated rings. The lowest BCUT2D eigenvalue weighted by Crippen LogP contribution is -2.39. The lowest BCUT2D eigenvalue weighted by Gasteiger charge is -2.30. The molecular formula is C19H36N6O2. The molecule has 27 heavy (non-hydrogen) atoms. The van der Waals surface area contributed by atoms with Gasteiger partial charge in [0.15, 0.2) is 11.8 Å². The molecule has 0 aliphatic carbocycles. The Morgan fingerprint density at radius 1 is 1.33 bits per heavy atom. The minimum Gasteiger partial charge on any atom is -0.371 e. The van der Waals surface area contributed by atoms with Crippen molar-refractivity contribution in [3.63, 3.8) is 0 Å². The van der Waals surface area contributed by atoms with Crippen LogP contribution < -0.4 is 10.6 Å². The molecule has 1 aliphatic rings. The fraction of sp³-hybridized carbons (Fsp3) is 0.842. The summed E-state index contributed by atoms with van der Waals surface area (Å²) in [7, 11) is 0. The molecule has 1 aliphatic heterocycles. The average Bonchev–Trinajstić information content (AvgIpc) is 3.14. The summed E-state index contributed by atoms with van der Waals surface area (Å²) < 4.78 is 10.7. The molecule has 0 amide bonds. The number of likely N-dealkylation sites (tertiary alicyclic amines) is 1. The Morgan fingerprint density at radius 2 is 2.11 bits per heavy atom. The van der Waals surface area contributed by atoms with E-state index in [1.54, 1.807) is 0 Å². The molecule has 154 valence electrons. The zero-order valence-corrected chi connectivity index (χ0v) is 17.3. The van der Waals surface area contributed by atoms with Crippen LogP contribution in [0, 0.1) is 5.92 Å². The molecule has 0 bridgehead atoms. The summed E-state index contributed by atoms with van der Waals surface area (Å²) in [6.45, 7) is 14.5. The van der Waals surface area contributed by atoms with Crippen molar-refractivity contribution in [2.75, 3.05) is 39.3 Å². The molecule has 1 unspecified atom stereocenters. The topological polar surface area (TPSA) is 87.8 Å². The lowest BCUT2D eigenvalue weighted by molar-refractivity contribution is 0.0683. The first-order valence-electron chi connectivity index (χ1n) is 10.3. The van der Waals surface area contributed by atoms with E-state index in [-0.39, 0.29) is 6.10 Å². The Bertz CT molecular complexity index is 554. The molecule has 8 nitrogen and oxygen atoms in total. The molecule has 2 rings (SSSR count). The van der Waals surface area contributed by atoms with Gasteiger partial charge in [-0.1, -0.05) is 12.1 Å². The van der Waals surface area contributed by atoms with Gasteiger partial charge in [-0.25, -0.2) is 4.99 Å².